The molecule has 1 aromatic rings. The maximum Gasteiger partial charge on any atom is 0.416 e. The van der Waals surface area contributed by atoms with Gasteiger partial charge in [-0.15, -0.1) is 0 Å². The lowest BCUT2D eigenvalue weighted by molar-refractivity contribution is -0.137. The number of halogens is 3. The number of rotatable bonds is 4. The summed E-state index contributed by atoms with van der Waals surface area (Å²) in [6.45, 7) is 7.08. The van der Waals surface area contributed by atoms with Gasteiger partial charge in [0.05, 0.1) is 5.56 Å². The van der Waals surface area contributed by atoms with E-state index in [-0.39, 0.29) is 12.1 Å². The van der Waals surface area contributed by atoms with E-state index in [0.717, 1.165) is 24.3 Å². The van der Waals surface area contributed by atoms with Crippen molar-refractivity contribution >= 4 is 12.0 Å². The van der Waals surface area contributed by atoms with Crippen LogP contribution in [-0.2, 0) is 10.9 Å². The van der Waals surface area contributed by atoms with Gasteiger partial charge >= 0.3 is 12.3 Å². The van der Waals surface area contributed by atoms with E-state index in [2.05, 4.69) is 5.32 Å². The van der Waals surface area contributed by atoms with Gasteiger partial charge in [0.25, 0.3) is 5.91 Å². The molecule has 0 heterocycles. The molecule has 1 atom stereocenters. The van der Waals surface area contributed by atoms with Gasteiger partial charge in [-0.05, 0) is 52.0 Å². The van der Waals surface area contributed by atoms with Crippen molar-refractivity contribution in [2.45, 2.75) is 45.5 Å². The van der Waals surface area contributed by atoms with Gasteiger partial charge in [-0.1, -0.05) is 0 Å². The molecule has 0 aliphatic carbocycles. The molecule has 0 unspecified atom stereocenters. The van der Waals surface area contributed by atoms with Gasteiger partial charge in [-0.25, -0.2) is 4.79 Å². The zero-order valence-corrected chi connectivity index (χ0v) is 14.9. The first kappa shape index (κ1) is 20.8. The lowest BCUT2D eigenvalue weighted by Gasteiger charge is -2.25. The highest BCUT2D eigenvalue weighted by Gasteiger charge is 2.30. The van der Waals surface area contributed by atoms with Crippen LogP contribution in [0.15, 0.2) is 24.3 Å². The van der Waals surface area contributed by atoms with Crippen LogP contribution < -0.4 is 5.32 Å². The van der Waals surface area contributed by atoms with Crippen LogP contribution in [0, 0.1) is 0 Å². The quantitative estimate of drug-likeness (QED) is 0.891. The summed E-state index contributed by atoms with van der Waals surface area (Å²) in [5.41, 5.74) is -1.31. The third-order valence-electron chi connectivity index (χ3n) is 3.12. The van der Waals surface area contributed by atoms with Gasteiger partial charge in [0, 0.05) is 25.2 Å². The number of alkyl carbamates (subject to hydrolysis) is 1. The third kappa shape index (κ3) is 7.03. The normalized spacial score (nSPS) is 13.1. The van der Waals surface area contributed by atoms with Crippen LogP contribution in [0.25, 0.3) is 0 Å². The standard InChI is InChI=1S/C17H23F3N2O3/c1-11(21-15(24)25-16(2,3)4)10-22(5)14(23)12-6-8-13(9-7-12)17(18,19)20/h6-9,11H,10H2,1-5H3,(H,21,24)/t11-/m0/s1. The molecule has 0 aliphatic rings. The molecule has 0 bridgehead atoms. The summed E-state index contributed by atoms with van der Waals surface area (Å²) < 4.78 is 42.7. The van der Waals surface area contributed by atoms with E-state index in [1.54, 1.807) is 27.7 Å². The number of carbonyl (C=O) groups is 2. The molecule has 0 saturated heterocycles. The number of ether oxygens (including phenoxy) is 1. The average molecular weight is 360 g/mol. The summed E-state index contributed by atoms with van der Waals surface area (Å²) in [6, 6.07) is 3.60. The molecule has 5 nitrogen and oxygen atoms in total. The van der Waals surface area contributed by atoms with E-state index in [4.69, 9.17) is 4.74 Å². The molecule has 25 heavy (non-hydrogen) atoms. The predicted molar refractivity (Wildman–Crippen MR) is 87.2 cm³/mol. The van der Waals surface area contributed by atoms with Crippen LogP contribution in [0.2, 0.25) is 0 Å². The highest BCUT2D eigenvalue weighted by atomic mass is 19.4. The summed E-state index contributed by atoms with van der Waals surface area (Å²) in [6.07, 6.45) is -5.05. The van der Waals surface area contributed by atoms with Gasteiger partial charge in [0.2, 0.25) is 0 Å². The van der Waals surface area contributed by atoms with Crippen LogP contribution in [0.4, 0.5) is 18.0 Å². The SMILES string of the molecule is C[C@@H](CN(C)C(=O)c1ccc(C(F)(F)F)cc1)NC(=O)OC(C)(C)C. The molecule has 2 amide bonds. The second kappa shape index (κ2) is 7.76. The molecule has 0 aromatic heterocycles. The number of likely N-dealkylation sites (N-methyl/N-ethyl adjacent to an activating group) is 1. The van der Waals surface area contributed by atoms with Crippen molar-refractivity contribution in [1.29, 1.82) is 0 Å². The molecule has 0 radical (unpaired) electrons. The van der Waals surface area contributed by atoms with E-state index in [1.807, 2.05) is 0 Å². The fourth-order valence-electron chi connectivity index (χ4n) is 2.07. The molecule has 0 aliphatic heterocycles. The van der Waals surface area contributed by atoms with Gasteiger partial charge in [-0.2, -0.15) is 13.2 Å². The molecular formula is C17H23F3N2O3. The molecule has 8 heteroatoms. The van der Waals surface area contributed by atoms with Crippen molar-refractivity contribution in [3.63, 3.8) is 0 Å². The second-order valence-corrected chi connectivity index (χ2v) is 6.81. The van der Waals surface area contributed by atoms with Crippen molar-refractivity contribution in [1.82, 2.24) is 10.2 Å². The average Bonchev–Trinajstić information content (AvgIpc) is 2.43. The Morgan fingerprint density at radius 3 is 2.12 bits per heavy atom. The molecule has 0 fully saturated rings. The van der Waals surface area contributed by atoms with Crippen molar-refractivity contribution < 1.29 is 27.5 Å². The molecular weight excluding hydrogens is 337 g/mol. The topological polar surface area (TPSA) is 58.6 Å². The van der Waals surface area contributed by atoms with Gasteiger partial charge < -0.3 is 15.0 Å². The molecule has 0 saturated carbocycles. The highest BCUT2D eigenvalue weighted by molar-refractivity contribution is 5.94. The first-order chi connectivity index (χ1) is 11.3. The second-order valence-electron chi connectivity index (χ2n) is 6.81. The Morgan fingerprint density at radius 2 is 1.68 bits per heavy atom. The number of nitrogens with zero attached hydrogens (tertiary/aromatic N) is 1. The predicted octanol–water partition coefficient (Wildman–Crippen LogP) is 3.69. The fraction of sp³-hybridized carbons (Fsp3) is 0.529. The monoisotopic (exact) mass is 360 g/mol. The Morgan fingerprint density at radius 1 is 1.16 bits per heavy atom. The Bertz CT molecular complexity index is 607. The molecule has 140 valence electrons. The fourth-order valence-corrected chi connectivity index (χ4v) is 2.07. The van der Waals surface area contributed by atoms with Crippen LogP contribution in [0.3, 0.4) is 0 Å². The van der Waals surface area contributed by atoms with E-state index >= 15 is 0 Å². The summed E-state index contributed by atoms with van der Waals surface area (Å²) in [5.74, 6) is -0.438. The Hall–Kier alpha value is -2.25. The maximum atomic E-state index is 12.5. The zero-order chi connectivity index (χ0) is 19.4. The maximum absolute atomic E-state index is 12.5. The number of alkyl halides is 3. The van der Waals surface area contributed by atoms with Gasteiger partial charge in [0.1, 0.15) is 5.60 Å². The number of hydrogen-bond acceptors (Lipinski definition) is 3. The van der Waals surface area contributed by atoms with Crippen LogP contribution in [0.1, 0.15) is 43.6 Å². The number of hydrogen-bond donors (Lipinski definition) is 1. The minimum atomic E-state index is -4.45. The Labute approximate surface area is 145 Å². The van der Waals surface area contributed by atoms with E-state index in [9.17, 15) is 22.8 Å². The summed E-state index contributed by atoms with van der Waals surface area (Å²) >= 11 is 0. The van der Waals surface area contributed by atoms with Gasteiger partial charge in [0.15, 0.2) is 0 Å². The lowest BCUT2D eigenvalue weighted by atomic mass is 10.1. The first-order valence-corrected chi connectivity index (χ1v) is 7.72. The van der Waals surface area contributed by atoms with Crippen LogP contribution >= 0.6 is 0 Å². The van der Waals surface area contributed by atoms with Crippen LogP contribution in [-0.4, -0.2) is 42.1 Å². The Kier molecular flexibility index (Phi) is 6.45. The first-order valence-electron chi connectivity index (χ1n) is 7.72. The third-order valence-corrected chi connectivity index (χ3v) is 3.12. The number of benzene rings is 1. The van der Waals surface area contributed by atoms with Crippen LogP contribution in [0.5, 0.6) is 0 Å². The lowest BCUT2D eigenvalue weighted by Crippen LogP contribution is -2.44. The smallest absolute Gasteiger partial charge is 0.416 e. The van der Waals surface area contributed by atoms with Gasteiger partial charge in [-0.3, -0.25) is 4.79 Å². The minimum absolute atomic E-state index is 0.139. The molecule has 1 rings (SSSR count). The number of carbonyl (C=O) groups excluding carboxylic acids is 2. The largest absolute Gasteiger partial charge is 0.444 e. The molecule has 1 N–H and O–H groups in total. The Balaban J connectivity index is 2.63. The van der Waals surface area contributed by atoms with E-state index in [0.29, 0.717) is 0 Å². The number of nitrogens with one attached hydrogen (secondary N) is 1. The number of amides is 2. The van der Waals surface area contributed by atoms with Crippen molar-refractivity contribution in [3.8, 4) is 0 Å². The summed E-state index contributed by atoms with van der Waals surface area (Å²) in [5, 5.41) is 2.60. The molecule has 1 aromatic carbocycles. The molecule has 0 spiro atoms. The van der Waals surface area contributed by atoms with Crippen molar-refractivity contribution in [2.75, 3.05) is 13.6 Å². The van der Waals surface area contributed by atoms with Crippen molar-refractivity contribution in [3.05, 3.63) is 35.4 Å². The minimum Gasteiger partial charge on any atom is -0.444 e. The van der Waals surface area contributed by atoms with E-state index in [1.165, 1.54) is 11.9 Å². The van der Waals surface area contributed by atoms with E-state index < -0.39 is 35.4 Å². The highest BCUT2D eigenvalue weighted by Crippen LogP contribution is 2.29. The zero-order valence-electron chi connectivity index (χ0n) is 14.9. The summed E-state index contributed by atoms with van der Waals surface area (Å²) in [7, 11) is 1.51. The van der Waals surface area contributed by atoms with Crippen molar-refractivity contribution in [2.24, 2.45) is 0 Å². The summed E-state index contributed by atoms with van der Waals surface area (Å²) in [4.78, 5) is 25.3.